The Bertz CT molecular complexity index is 2110. The molecule has 2 aromatic heterocycles. The van der Waals surface area contributed by atoms with Gasteiger partial charge >= 0.3 is 5.97 Å². The Hall–Kier alpha value is -5.21. The third kappa shape index (κ3) is 7.53. The maximum absolute atomic E-state index is 13.6. The predicted molar refractivity (Wildman–Crippen MR) is 207 cm³/mol. The number of para-hydroxylation sites is 1. The number of ether oxygens (including phenoxy) is 4. The van der Waals surface area contributed by atoms with Crippen molar-refractivity contribution in [3.63, 3.8) is 0 Å². The fourth-order valence-electron chi connectivity index (χ4n) is 6.95. The van der Waals surface area contributed by atoms with Crippen molar-refractivity contribution in [2.75, 3.05) is 13.7 Å². The molecule has 3 heterocycles. The lowest BCUT2D eigenvalue weighted by Crippen LogP contribution is -2.30. The lowest BCUT2D eigenvalue weighted by atomic mass is 9.83. The quantitative estimate of drug-likeness (QED) is 0.0947. The van der Waals surface area contributed by atoms with Crippen LogP contribution < -0.4 is 9.47 Å². The summed E-state index contributed by atoms with van der Waals surface area (Å²) in [7, 11) is 1.38. The molecule has 0 radical (unpaired) electrons. The zero-order chi connectivity index (χ0) is 37.2. The molecule has 0 bridgehead atoms. The Morgan fingerprint density at radius 1 is 1.00 bits per heavy atom. The van der Waals surface area contributed by atoms with Crippen LogP contribution in [-0.4, -0.2) is 46.0 Å². The SMILES string of the molecule is C=CCOc1ccccc1-c1cccc(-c2cc3nc(C)c(C(OC(C)(C)C)C(=O)OC)c(-c4ccc5c(c4)C(CC=C)CC(C(C)C)O5)n3n2)c1. The van der Waals surface area contributed by atoms with E-state index in [1.807, 2.05) is 92.9 Å². The molecule has 3 aromatic carbocycles. The number of rotatable bonds is 12. The second-order valence-electron chi connectivity index (χ2n) is 14.7. The van der Waals surface area contributed by atoms with Crippen molar-refractivity contribution in [3.8, 4) is 45.1 Å². The van der Waals surface area contributed by atoms with Crippen molar-refractivity contribution >= 4 is 11.6 Å². The number of aryl methyl sites for hydroxylation is 1. The molecule has 0 amide bonds. The zero-order valence-corrected chi connectivity index (χ0v) is 31.3. The minimum Gasteiger partial charge on any atom is -0.490 e. The zero-order valence-electron chi connectivity index (χ0n) is 31.3. The van der Waals surface area contributed by atoms with Crippen LogP contribution >= 0.6 is 0 Å². The molecule has 3 unspecified atom stereocenters. The summed E-state index contributed by atoms with van der Waals surface area (Å²) in [6.07, 6.45) is 4.48. The molecule has 0 N–H and O–H groups in total. The molecule has 52 heavy (non-hydrogen) atoms. The summed E-state index contributed by atoms with van der Waals surface area (Å²) in [4.78, 5) is 18.6. The number of allylic oxidation sites excluding steroid dienone is 1. The molecular weight excluding hydrogens is 651 g/mol. The van der Waals surface area contributed by atoms with E-state index in [9.17, 15) is 4.79 Å². The number of hydrogen-bond donors (Lipinski definition) is 0. The number of carbonyl (C=O) groups is 1. The number of fused-ring (bicyclic) bond motifs is 2. The second kappa shape index (κ2) is 15.2. The van der Waals surface area contributed by atoms with Crippen LogP contribution in [0.4, 0.5) is 0 Å². The minimum absolute atomic E-state index is 0.113. The van der Waals surface area contributed by atoms with E-state index in [4.69, 9.17) is 29.0 Å². The summed E-state index contributed by atoms with van der Waals surface area (Å²) in [5.41, 5.74) is 7.50. The first-order chi connectivity index (χ1) is 24.9. The number of carbonyl (C=O) groups excluding carboxylic acids is 1. The largest absolute Gasteiger partial charge is 0.490 e. The van der Waals surface area contributed by atoms with Gasteiger partial charge in [-0.15, -0.1) is 6.58 Å². The molecule has 1 aliphatic rings. The first-order valence-electron chi connectivity index (χ1n) is 17.9. The van der Waals surface area contributed by atoms with Crippen LogP contribution in [0.3, 0.4) is 0 Å². The number of methoxy groups -OCH3 is 1. The Balaban J connectivity index is 1.57. The number of aromatic nitrogens is 3. The fraction of sp³-hybridized carbons (Fsp3) is 0.341. The Morgan fingerprint density at radius 3 is 2.48 bits per heavy atom. The van der Waals surface area contributed by atoms with Crippen molar-refractivity contribution in [3.05, 3.63) is 115 Å². The van der Waals surface area contributed by atoms with E-state index in [1.165, 1.54) is 7.11 Å². The first kappa shape index (κ1) is 36.6. The number of esters is 1. The minimum atomic E-state index is -1.05. The van der Waals surface area contributed by atoms with Crippen molar-refractivity contribution < 1.29 is 23.7 Å². The fourth-order valence-corrected chi connectivity index (χ4v) is 6.95. The van der Waals surface area contributed by atoms with E-state index in [0.717, 1.165) is 57.9 Å². The Labute approximate surface area is 307 Å². The van der Waals surface area contributed by atoms with E-state index in [0.29, 0.717) is 35.1 Å². The van der Waals surface area contributed by atoms with Crippen molar-refractivity contribution in [1.29, 1.82) is 0 Å². The van der Waals surface area contributed by atoms with Gasteiger partial charge < -0.3 is 18.9 Å². The van der Waals surface area contributed by atoms with Gasteiger partial charge in [-0.3, -0.25) is 0 Å². The van der Waals surface area contributed by atoms with Gasteiger partial charge in [0.25, 0.3) is 0 Å². The molecular formula is C44H49N3O5. The molecule has 0 saturated carbocycles. The molecule has 8 nitrogen and oxygen atoms in total. The molecule has 0 spiro atoms. The maximum atomic E-state index is 13.6. The summed E-state index contributed by atoms with van der Waals surface area (Å²) in [6.45, 7) is 20.3. The van der Waals surface area contributed by atoms with Crippen molar-refractivity contribution in [1.82, 2.24) is 14.6 Å². The van der Waals surface area contributed by atoms with Gasteiger partial charge in [0.15, 0.2) is 11.8 Å². The lowest BCUT2D eigenvalue weighted by Gasteiger charge is -2.34. The van der Waals surface area contributed by atoms with Gasteiger partial charge in [0, 0.05) is 34.0 Å². The van der Waals surface area contributed by atoms with Gasteiger partial charge in [-0.1, -0.05) is 69.0 Å². The van der Waals surface area contributed by atoms with Crippen LogP contribution in [0, 0.1) is 12.8 Å². The van der Waals surface area contributed by atoms with Gasteiger partial charge in [-0.2, -0.15) is 5.10 Å². The average molecular weight is 700 g/mol. The molecule has 1 aliphatic heterocycles. The van der Waals surface area contributed by atoms with E-state index >= 15 is 0 Å². The molecule has 6 rings (SSSR count). The number of benzene rings is 3. The highest BCUT2D eigenvalue weighted by Crippen LogP contribution is 2.44. The van der Waals surface area contributed by atoms with Gasteiger partial charge in [-0.05, 0) is 93.8 Å². The van der Waals surface area contributed by atoms with Crippen LogP contribution in [0.5, 0.6) is 11.5 Å². The van der Waals surface area contributed by atoms with Crippen molar-refractivity contribution in [2.24, 2.45) is 5.92 Å². The van der Waals surface area contributed by atoms with Crippen LogP contribution in [0.25, 0.3) is 39.3 Å². The molecule has 0 aliphatic carbocycles. The second-order valence-corrected chi connectivity index (χ2v) is 14.7. The van der Waals surface area contributed by atoms with Crippen LogP contribution in [0.1, 0.15) is 76.3 Å². The lowest BCUT2D eigenvalue weighted by molar-refractivity contribution is -0.164. The summed E-state index contributed by atoms with van der Waals surface area (Å²) in [5, 5.41) is 5.19. The third-order valence-electron chi connectivity index (χ3n) is 9.40. The smallest absolute Gasteiger partial charge is 0.339 e. The maximum Gasteiger partial charge on any atom is 0.339 e. The Morgan fingerprint density at radius 2 is 1.77 bits per heavy atom. The van der Waals surface area contributed by atoms with E-state index in [1.54, 1.807) is 6.08 Å². The Kier molecular flexibility index (Phi) is 10.7. The van der Waals surface area contributed by atoms with Crippen LogP contribution in [-0.2, 0) is 14.3 Å². The number of nitrogens with zero attached hydrogens (tertiary/aromatic N) is 3. The van der Waals surface area contributed by atoms with Crippen LogP contribution in [0.15, 0.2) is 98.1 Å². The molecule has 270 valence electrons. The standard InChI is InChI=1S/C44H49N3O5/c1-10-15-29-25-38(27(3)4)51-37-21-20-32(24-34(29)37)41-40(42(43(48)49-9)52-44(6,7)8)28(5)45-39-26-35(46-47(39)41)31-17-14-16-30(23-31)33-18-12-13-19-36(33)50-22-11-2/h10-14,16-21,23-24,26-27,29,38,42H,1-2,15,22,25H2,3-9H3. The average Bonchev–Trinajstić information content (AvgIpc) is 3.55. The summed E-state index contributed by atoms with van der Waals surface area (Å²) in [5.74, 6) is 1.74. The number of hydrogen-bond acceptors (Lipinski definition) is 7. The normalized spacial score (nSPS) is 16.2. The predicted octanol–water partition coefficient (Wildman–Crippen LogP) is 10.1. The van der Waals surface area contributed by atoms with Gasteiger partial charge in [0.1, 0.15) is 24.2 Å². The monoisotopic (exact) mass is 699 g/mol. The van der Waals surface area contributed by atoms with E-state index in [-0.39, 0.29) is 12.0 Å². The first-order valence-corrected chi connectivity index (χ1v) is 17.9. The molecule has 3 atom stereocenters. The van der Waals surface area contributed by atoms with Gasteiger partial charge in [-0.25, -0.2) is 14.3 Å². The summed E-state index contributed by atoms with van der Waals surface area (Å²) in [6, 6.07) is 24.4. The molecule has 0 fully saturated rings. The third-order valence-corrected chi connectivity index (χ3v) is 9.40. The molecule has 8 heteroatoms. The summed E-state index contributed by atoms with van der Waals surface area (Å²) >= 11 is 0. The molecule has 0 saturated heterocycles. The highest BCUT2D eigenvalue weighted by atomic mass is 16.6. The summed E-state index contributed by atoms with van der Waals surface area (Å²) < 4.78 is 26.1. The van der Waals surface area contributed by atoms with Crippen molar-refractivity contribution in [2.45, 2.75) is 78.1 Å². The molecule has 5 aromatic rings. The van der Waals surface area contributed by atoms with Gasteiger partial charge in [0.05, 0.1) is 24.1 Å². The van der Waals surface area contributed by atoms with Crippen LogP contribution in [0.2, 0.25) is 0 Å². The van der Waals surface area contributed by atoms with Gasteiger partial charge in [0.2, 0.25) is 0 Å². The highest BCUT2D eigenvalue weighted by Gasteiger charge is 2.35. The van der Waals surface area contributed by atoms with E-state index in [2.05, 4.69) is 45.2 Å². The highest BCUT2D eigenvalue weighted by molar-refractivity contribution is 5.83. The topological polar surface area (TPSA) is 84.2 Å². The van der Waals surface area contributed by atoms with E-state index < -0.39 is 17.7 Å².